The molecule has 1 aromatic heterocycles. The van der Waals surface area contributed by atoms with Crippen LogP contribution in [0.15, 0.2) is 91.1 Å². The van der Waals surface area contributed by atoms with E-state index in [1.54, 1.807) is 30.3 Å². The summed E-state index contributed by atoms with van der Waals surface area (Å²) in [5.41, 5.74) is -2.63. The lowest BCUT2D eigenvalue weighted by atomic mass is 9.80. The fourth-order valence-corrected chi connectivity index (χ4v) is 3.97. The van der Waals surface area contributed by atoms with Gasteiger partial charge in [-0.2, -0.15) is 13.2 Å². The molecule has 10 heteroatoms. The van der Waals surface area contributed by atoms with Gasteiger partial charge < -0.3 is 10.1 Å². The molecule has 0 fully saturated rings. The normalized spacial score (nSPS) is 13.0. The zero-order chi connectivity index (χ0) is 26.6. The van der Waals surface area contributed by atoms with Crippen LogP contribution < -0.4 is 10.1 Å². The molecular formula is C27H18ClF5N2O2. The van der Waals surface area contributed by atoms with Crippen LogP contribution in [0, 0.1) is 11.6 Å². The van der Waals surface area contributed by atoms with Gasteiger partial charge in [-0.3, -0.25) is 4.98 Å². The van der Waals surface area contributed by atoms with E-state index in [9.17, 15) is 26.7 Å². The topological polar surface area (TPSA) is 51.2 Å². The first-order chi connectivity index (χ1) is 17.5. The summed E-state index contributed by atoms with van der Waals surface area (Å²) in [6.45, 7) is 0. The van der Waals surface area contributed by atoms with E-state index in [0.717, 1.165) is 24.3 Å². The Bertz CT molecular complexity index is 1380. The maximum absolute atomic E-state index is 14.6. The number of carbonyl (C=O) groups is 1. The number of rotatable bonds is 6. The molecule has 0 bridgehead atoms. The molecule has 3 aromatic carbocycles. The van der Waals surface area contributed by atoms with E-state index in [-0.39, 0.29) is 28.5 Å². The molecule has 4 nitrogen and oxygen atoms in total. The number of hydrogen-bond acceptors (Lipinski definition) is 3. The quantitative estimate of drug-likeness (QED) is 0.265. The minimum atomic E-state index is -4.86. The number of nitrogens with one attached hydrogen (secondary N) is 1. The number of amides is 1. The van der Waals surface area contributed by atoms with Crippen LogP contribution in [0.2, 0.25) is 5.02 Å². The van der Waals surface area contributed by atoms with Crippen LogP contribution in [0.1, 0.15) is 22.4 Å². The number of carbonyl (C=O) groups excluding carboxylic acids is 1. The van der Waals surface area contributed by atoms with Crippen molar-refractivity contribution in [3.05, 3.63) is 130 Å². The number of alkyl halides is 3. The van der Waals surface area contributed by atoms with Crippen LogP contribution in [0.4, 0.5) is 26.7 Å². The second-order valence-corrected chi connectivity index (χ2v) is 8.56. The summed E-state index contributed by atoms with van der Waals surface area (Å²) in [5, 5.41) is 2.84. The summed E-state index contributed by atoms with van der Waals surface area (Å²) in [5.74, 6) is -1.74. The van der Waals surface area contributed by atoms with Gasteiger partial charge in [-0.25, -0.2) is 13.6 Å². The summed E-state index contributed by atoms with van der Waals surface area (Å²) in [4.78, 5) is 17.3. The van der Waals surface area contributed by atoms with Gasteiger partial charge in [0.05, 0.1) is 16.3 Å². The van der Waals surface area contributed by atoms with Gasteiger partial charge >= 0.3 is 12.3 Å². The molecule has 1 N–H and O–H groups in total. The van der Waals surface area contributed by atoms with Gasteiger partial charge in [0.15, 0.2) is 0 Å². The minimum Gasteiger partial charge on any atom is -0.410 e. The van der Waals surface area contributed by atoms with E-state index in [4.69, 9.17) is 16.3 Å². The molecule has 0 spiro atoms. The highest BCUT2D eigenvalue weighted by molar-refractivity contribution is 6.30. The molecule has 0 aliphatic rings. The van der Waals surface area contributed by atoms with Crippen LogP contribution >= 0.6 is 11.6 Å². The van der Waals surface area contributed by atoms with Gasteiger partial charge in [0.25, 0.3) is 0 Å². The Labute approximate surface area is 213 Å². The maximum atomic E-state index is 14.6. The summed E-state index contributed by atoms with van der Waals surface area (Å²) < 4.78 is 74.1. The molecule has 1 amide bonds. The Morgan fingerprint density at radius 2 is 1.54 bits per heavy atom. The van der Waals surface area contributed by atoms with Crippen LogP contribution in [-0.4, -0.2) is 11.1 Å². The van der Waals surface area contributed by atoms with Crippen molar-refractivity contribution in [1.82, 2.24) is 10.3 Å². The number of pyridine rings is 1. The lowest BCUT2D eigenvalue weighted by Gasteiger charge is -2.35. The van der Waals surface area contributed by atoms with Crippen molar-refractivity contribution < 1.29 is 31.5 Å². The van der Waals surface area contributed by atoms with E-state index in [1.807, 2.05) is 0 Å². The monoisotopic (exact) mass is 532 g/mol. The minimum absolute atomic E-state index is 0.0215. The third-order valence-electron chi connectivity index (χ3n) is 5.53. The largest absolute Gasteiger partial charge is 0.416 e. The molecule has 0 radical (unpaired) electrons. The van der Waals surface area contributed by atoms with Gasteiger partial charge in [0, 0.05) is 12.6 Å². The second kappa shape index (κ2) is 10.6. The number of ether oxygens (including phenoxy) is 1. The first kappa shape index (κ1) is 26.1. The fourth-order valence-electron chi connectivity index (χ4n) is 3.86. The van der Waals surface area contributed by atoms with Gasteiger partial charge in [-0.15, -0.1) is 0 Å². The third kappa shape index (κ3) is 6.24. The Hall–Kier alpha value is -3.98. The highest BCUT2D eigenvalue weighted by atomic mass is 35.5. The average molecular weight is 533 g/mol. The third-order valence-corrected chi connectivity index (χ3v) is 5.76. The number of nitrogens with zero attached hydrogens (tertiary/aromatic N) is 1. The van der Waals surface area contributed by atoms with Crippen molar-refractivity contribution in [2.45, 2.75) is 18.1 Å². The summed E-state index contributed by atoms with van der Waals surface area (Å²) in [6.07, 6.45) is -4.82. The molecule has 37 heavy (non-hydrogen) atoms. The van der Waals surface area contributed by atoms with Gasteiger partial charge in [0.1, 0.15) is 22.9 Å². The fraction of sp³-hybridized carbons (Fsp3) is 0.111. The predicted octanol–water partition coefficient (Wildman–Crippen LogP) is 7.31. The Morgan fingerprint density at radius 1 is 0.865 bits per heavy atom. The number of hydrogen-bond donors (Lipinski definition) is 1. The molecule has 0 aliphatic heterocycles. The van der Waals surface area contributed by atoms with Crippen molar-refractivity contribution in [1.29, 1.82) is 0 Å². The molecule has 0 saturated carbocycles. The predicted molar refractivity (Wildman–Crippen MR) is 127 cm³/mol. The summed E-state index contributed by atoms with van der Waals surface area (Å²) >= 11 is 5.99. The lowest BCUT2D eigenvalue weighted by molar-refractivity contribution is -0.137. The molecule has 4 rings (SSSR count). The van der Waals surface area contributed by atoms with Crippen LogP contribution in [0.25, 0.3) is 0 Å². The SMILES string of the molecule is O=C(N[C@](Cc1ccccc1)(c1cc(F)cc(C(F)(F)F)c1)c1ccc(Cl)cn1)Oc1ccc(F)cc1. The van der Waals surface area contributed by atoms with Crippen molar-refractivity contribution in [2.24, 2.45) is 0 Å². The van der Waals surface area contributed by atoms with Gasteiger partial charge in [0.2, 0.25) is 0 Å². The van der Waals surface area contributed by atoms with E-state index in [1.165, 1.54) is 30.5 Å². The molecule has 0 unspecified atom stereocenters. The van der Waals surface area contributed by atoms with Crippen molar-refractivity contribution in [2.75, 3.05) is 0 Å². The molecule has 1 heterocycles. The second-order valence-electron chi connectivity index (χ2n) is 8.12. The maximum Gasteiger partial charge on any atom is 0.416 e. The average Bonchev–Trinajstić information content (AvgIpc) is 2.85. The Morgan fingerprint density at radius 3 is 2.16 bits per heavy atom. The Balaban J connectivity index is 1.90. The van der Waals surface area contributed by atoms with Crippen molar-refractivity contribution in [3.8, 4) is 5.75 Å². The van der Waals surface area contributed by atoms with Gasteiger partial charge in [-0.1, -0.05) is 41.9 Å². The zero-order valence-electron chi connectivity index (χ0n) is 18.9. The van der Waals surface area contributed by atoms with Crippen LogP contribution in [0.5, 0.6) is 5.75 Å². The van der Waals surface area contributed by atoms with Crippen molar-refractivity contribution in [3.63, 3.8) is 0 Å². The smallest absolute Gasteiger partial charge is 0.410 e. The first-order valence-corrected chi connectivity index (χ1v) is 11.2. The number of halogens is 6. The molecule has 0 aliphatic carbocycles. The zero-order valence-corrected chi connectivity index (χ0v) is 19.7. The molecular weight excluding hydrogens is 515 g/mol. The number of aromatic nitrogens is 1. The highest BCUT2D eigenvalue weighted by Gasteiger charge is 2.41. The van der Waals surface area contributed by atoms with E-state index < -0.39 is 35.0 Å². The van der Waals surface area contributed by atoms with Crippen molar-refractivity contribution >= 4 is 17.7 Å². The summed E-state index contributed by atoms with van der Waals surface area (Å²) in [6, 6.07) is 18.0. The van der Waals surface area contributed by atoms with Crippen LogP contribution in [-0.2, 0) is 18.1 Å². The number of benzene rings is 3. The van der Waals surface area contributed by atoms with Crippen LogP contribution in [0.3, 0.4) is 0 Å². The molecule has 4 aromatic rings. The summed E-state index contributed by atoms with van der Waals surface area (Å²) in [7, 11) is 0. The van der Waals surface area contributed by atoms with E-state index in [2.05, 4.69) is 10.3 Å². The van der Waals surface area contributed by atoms with E-state index in [0.29, 0.717) is 11.6 Å². The first-order valence-electron chi connectivity index (χ1n) is 10.8. The standard InChI is InChI=1S/C27H18ClF5N2O2/c28-20-6-11-24(34-16-20)26(15-17-4-2-1-3-5-17,18-12-19(27(31,32)33)14-22(30)13-18)35-25(36)37-23-9-7-21(29)8-10-23/h1-14,16H,15H2,(H,35,36)/t26-/m1/s1. The molecule has 0 saturated heterocycles. The molecule has 190 valence electrons. The molecule has 1 atom stereocenters. The lowest BCUT2D eigenvalue weighted by Crippen LogP contribution is -2.50. The van der Waals surface area contributed by atoms with E-state index >= 15 is 0 Å². The van der Waals surface area contributed by atoms with Gasteiger partial charge in [-0.05, 0) is 65.7 Å². The Kier molecular flexibility index (Phi) is 7.45. The highest BCUT2D eigenvalue weighted by Crippen LogP contribution is 2.38.